The molecule has 3 saturated heterocycles. The summed E-state index contributed by atoms with van der Waals surface area (Å²) in [4.78, 5) is 13.6. The lowest BCUT2D eigenvalue weighted by Gasteiger charge is -2.31. The topological polar surface area (TPSA) is 113 Å². The Kier molecular flexibility index (Phi) is 6.90. The van der Waals surface area contributed by atoms with Crippen LogP contribution in [0.2, 0.25) is 5.02 Å². The standard InChI is InChI=1S/C31H29ClF3N7O2S/c32-23-21(17-2-3-19(34)27-20(17)18(11-36)28(37)45-27)24(35)25-22-26(23)43-9-8-42(16-4-6-38-12-16)29(22)40-30(39-25)44-14-31-5-1-7-41(31)13-15(33)10-31/h2-3,15-16,38H,1,4-10,12-14,37H2/t15-,16?,31+/m1/s1. The molecule has 1 unspecified atom stereocenters. The molecule has 0 spiro atoms. The minimum atomic E-state index is -0.930. The molecule has 3 fully saturated rings. The predicted octanol–water partition coefficient (Wildman–Crippen LogP) is 5.41. The third-order valence-corrected chi connectivity index (χ3v) is 11.1. The number of hydrogen-bond acceptors (Lipinski definition) is 10. The Balaban J connectivity index is 1.34. The van der Waals surface area contributed by atoms with Crippen LogP contribution in [0.15, 0.2) is 12.1 Å². The molecular weight excluding hydrogens is 627 g/mol. The summed E-state index contributed by atoms with van der Waals surface area (Å²) in [7, 11) is 0. The molecule has 0 amide bonds. The lowest BCUT2D eigenvalue weighted by molar-refractivity contribution is 0.107. The van der Waals surface area contributed by atoms with Gasteiger partial charge in [0.15, 0.2) is 11.6 Å². The zero-order valence-electron chi connectivity index (χ0n) is 24.1. The van der Waals surface area contributed by atoms with Crippen molar-refractivity contribution >= 4 is 54.7 Å². The number of aromatic nitrogens is 2. The minimum Gasteiger partial charge on any atom is -0.489 e. The molecule has 3 atom stereocenters. The van der Waals surface area contributed by atoms with Gasteiger partial charge in [0.1, 0.15) is 47.6 Å². The number of rotatable bonds is 5. The van der Waals surface area contributed by atoms with E-state index in [1.807, 2.05) is 6.07 Å². The fourth-order valence-electron chi connectivity index (χ4n) is 7.65. The Morgan fingerprint density at radius 2 is 2.13 bits per heavy atom. The highest BCUT2D eigenvalue weighted by Crippen LogP contribution is 2.51. The highest BCUT2D eigenvalue weighted by Gasteiger charge is 2.49. The van der Waals surface area contributed by atoms with E-state index in [4.69, 9.17) is 31.8 Å². The molecule has 2 aromatic carbocycles. The number of nitriles is 1. The van der Waals surface area contributed by atoms with Gasteiger partial charge in [-0.3, -0.25) is 4.90 Å². The van der Waals surface area contributed by atoms with Crippen LogP contribution in [0.1, 0.15) is 31.2 Å². The largest absolute Gasteiger partial charge is 0.489 e. The Morgan fingerprint density at radius 1 is 1.27 bits per heavy atom. The zero-order valence-corrected chi connectivity index (χ0v) is 25.7. The second kappa shape index (κ2) is 10.8. The van der Waals surface area contributed by atoms with Crippen molar-refractivity contribution in [3.8, 4) is 29.0 Å². The Labute approximate surface area is 265 Å². The Hall–Kier alpha value is -3.57. The summed E-state index contributed by atoms with van der Waals surface area (Å²) in [5.41, 5.74) is 5.72. The maximum Gasteiger partial charge on any atom is 0.319 e. The first kappa shape index (κ1) is 28.9. The first-order valence-corrected chi connectivity index (χ1v) is 16.2. The van der Waals surface area contributed by atoms with Crippen molar-refractivity contribution in [3.63, 3.8) is 0 Å². The van der Waals surface area contributed by atoms with Gasteiger partial charge in [-0.2, -0.15) is 15.2 Å². The van der Waals surface area contributed by atoms with Gasteiger partial charge in [0.2, 0.25) is 0 Å². The van der Waals surface area contributed by atoms with Crippen LogP contribution in [0.25, 0.3) is 32.1 Å². The molecule has 45 heavy (non-hydrogen) atoms. The van der Waals surface area contributed by atoms with Crippen LogP contribution in [-0.2, 0) is 0 Å². The molecule has 4 aliphatic heterocycles. The lowest BCUT2D eigenvalue weighted by atomic mass is 9.95. The van der Waals surface area contributed by atoms with E-state index in [0.717, 1.165) is 43.7 Å². The summed E-state index contributed by atoms with van der Waals surface area (Å²) in [5.74, 6) is -0.716. The Morgan fingerprint density at radius 3 is 2.93 bits per heavy atom. The number of nitrogens with one attached hydrogen (secondary N) is 1. The van der Waals surface area contributed by atoms with E-state index in [2.05, 4.69) is 20.1 Å². The smallest absolute Gasteiger partial charge is 0.319 e. The van der Waals surface area contributed by atoms with Crippen molar-refractivity contribution in [1.82, 2.24) is 20.2 Å². The second-order valence-electron chi connectivity index (χ2n) is 12.2. The molecule has 0 aliphatic carbocycles. The van der Waals surface area contributed by atoms with Crippen LogP contribution < -0.4 is 25.4 Å². The van der Waals surface area contributed by atoms with Crippen LogP contribution in [0.5, 0.6) is 11.8 Å². The van der Waals surface area contributed by atoms with Gasteiger partial charge in [0.05, 0.1) is 32.8 Å². The van der Waals surface area contributed by atoms with Gasteiger partial charge in [0.25, 0.3) is 0 Å². The van der Waals surface area contributed by atoms with Crippen LogP contribution in [-0.4, -0.2) is 78.6 Å². The van der Waals surface area contributed by atoms with E-state index in [1.165, 1.54) is 12.1 Å². The first-order valence-electron chi connectivity index (χ1n) is 15.1. The van der Waals surface area contributed by atoms with Crippen LogP contribution in [0.3, 0.4) is 0 Å². The molecular formula is C31H29ClF3N7O2S. The third-order valence-electron chi connectivity index (χ3n) is 9.70. The maximum atomic E-state index is 17.1. The normalized spacial score (nSPS) is 24.6. The number of anilines is 2. The summed E-state index contributed by atoms with van der Waals surface area (Å²) in [6.45, 7) is 3.59. The number of nitrogen functional groups attached to an aromatic ring is 1. The molecule has 8 rings (SSSR count). The van der Waals surface area contributed by atoms with E-state index in [0.29, 0.717) is 37.3 Å². The molecule has 0 bridgehead atoms. The Bertz CT molecular complexity index is 1910. The molecule has 9 nitrogen and oxygen atoms in total. The van der Waals surface area contributed by atoms with Crippen molar-refractivity contribution in [2.45, 2.75) is 43.4 Å². The first-order chi connectivity index (χ1) is 21.8. The van der Waals surface area contributed by atoms with E-state index < -0.39 is 23.3 Å². The molecule has 0 saturated carbocycles. The van der Waals surface area contributed by atoms with E-state index >= 15 is 4.39 Å². The van der Waals surface area contributed by atoms with Gasteiger partial charge < -0.3 is 25.4 Å². The van der Waals surface area contributed by atoms with Gasteiger partial charge >= 0.3 is 6.01 Å². The van der Waals surface area contributed by atoms with E-state index in [1.54, 1.807) is 0 Å². The lowest BCUT2D eigenvalue weighted by Crippen LogP contribution is -2.43. The van der Waals surface area contributed by atoms with Gasteiger partial charge in [-0.1, -0.05) is 17.7 Å². The SMILES string of the molecule is N#Cc1c(N)sc2c(F)ccc(-c3c(Cl)c4c5c(nc(OC[C@@]67CCCN6C[C@H](F)C7)nc5c3F)N(C3CCNC3)CCO4)c12. The number of alkyl halides is 1. The van der Waals surface area contributed by atoms with Gasteiger partial charge in [-0.25, -0.2) is 13.2 Å². The second-order valence-corrected chi connectivity index (χ2v) is 13.6. The molecule has 14 heteroatoms. The summed E-state index contributed by atoms with van der Waals surface area (Å²) in [6, 6.07) is 4.67. The van der Waals surface area contributed by atoms with Gasteiger partial charge in [-0.05, 0) is 44.0 Å². The number of nitrogens with two attached hydrogens (primary N) is 1. The average molecular weight is 656 g/mol. The monoisotopic (exact) mass is 655 g/mol. The van der Waals surface area contributed by atoms with Crippen molar-refractivity contribution in [2.75, 3.05) is 56.6 Å². The van der Waals surface area contributed by atoms with Crippen molar-refractivity contribution < 1.29 is 22.6 Å². The third kappa shape index (κ3) is 4.40. The highest BCUT2D eigenvalue weighted by atomic mass is 35.5. The fraction of sp³-hybridized carbons (Fsp3) is 0.452. The molecule has 4 aromatic rings. The molecule has 3 N–H and O–H groups in total. The minimum absolute atomic E-state index is 0.0289. The van der Waals surface area contributed by atoms with E-state index in [9.17, 15) is 14.0 Å². The molecule has 2 aromatic heterocycles. The molecule has 0 radical (unpaired) electrons. The number of nitrogens with zero attached hydrogens (tertiary/aromatic N) is 5. The fourth-order valence-corrected chi connectivity index (χ4v) is 8.93. The van der Waals surface area contributed by atoms with Crippen LogP contribution >= 0.6 is 22.9 Å². The highest BCUT2D eigenvalue weighted by molar-refractivity contribution is 7.23. The zero-order chi connectivity index (χ0) is 31.0. The number of ether oxygens (including phenoxy) is 2. The molecule has 234 valence electrons. The summed E-state index contributed by atoms with van der Waals surface area (Å²) < 4.78 is 59.0. The maximum absolute atomic E-state index is 17.1. The van der Waals surface area contributed by atoms with Gasteiger partial charge in [0, 0.05) is 36.5 Å². The van der Waals surface area contributed by atoms with Crippen LogP contribution in [0.4, 0.5) is 24.0 Å². The number of hydrogen-bond donors (Lipinski definition) is 2. The predicted molar refractivity (Wildman–Crippen MR) is 167 cm³/mol. The summed E-state index contributed by atoms with van der Waals surface area (Å²) >= 11 is 7.91. The number of halogens is 4. The number of benzene rings is 2. The van der Waals surface area contributed by atoms with Crippen molar-refractivity contribution in [1.29, 1.82) is 5.26 Å². The van der Waals surface area contributed by atoms with Gasteiger partial charge in [-0.15, -0.1) is 11.3 Å². The number of fused-ring (bicyclic) bond motifs is 2. The summed E-state index contributed by atoms with van der Waals surface area (Å²) in [5, 5.41) is 13.8. The molecule has 4 aliphatic rings. The van der Waals surface area contributed by atoms with Crippen LogP contribution in [0, 0.1) is 23.0 Å². The quantitative estimate of drug-likeness (QED) is 0.291. The average Bonchev–Trinajstić information content (AvgIpc) is 3.78. The van der Waals surface area contributed by atoms with Crippen molar-refractivity contribution in [2.24, 2.45) is 0 Å². The summed E-state index contributed by atoms with van der Waals surface area (Å²) in [6.07, 6.45) is 2.03. The van der Waals surface area contributed by atoms with E-state index in [-0.39, 0.29) is 73.3 Å². The number of thiophene rings is 1. The molecule has 6 heterocycles. The van der Waals surface area contributed by atoms with Crippen molar-refractivity contribution in [3.05, 3.63) is 34.4 Å².